The number of aliphatic hydroxyl groups excluding tert-OH is 3. The fourth-order valence-corrected chi connectivity index (χ4v) is 10.5. The summed E-state index contributed by atoms with van der Waals surface area (Å²) in [5.74, 6) is 0.242. The summed E-state index contributed by atoms with van der Waals surface area (Å²) in [4.78, 5) is 0. The van der Waals surface area contributed by atoms with E-state index in [0.717, 1.165) is 32.1 Å². The molecule has 4 fully saturated rings. The van der Waals surface area contributed by atoms with Crippen LogP contribution in [0.2, 0.25) is 0 Å². The molecule has 15 heteroatoms. The molecule has 3 N–H and O–H groups in total. The van der Waals surface area contributed by atoms with Gasteiger partial charge < -0.3 is 24.4 Å². The third-order valence-electron chi connectivity index (χ3n) is 11.6. The summed E-state index contributed by atoms with van der Waals surface area (Å²) in [6.07, 6.45) is 4.80. The molecule has 0 aromatic rings. The molecular weight excluding hydrogens is 622 g/mol. The van der Waals surface area contributed by atoms with Crippen LogP contribution in [0.25, 0.3) is 0 Å². The largest absolute Gasteiger partial charge is 1.00 e. The molecule has 0 aromatic carbocycles. The number of fused-ring (bicyclic) bond motifs is 5. The monoisotopic (exact) mass is 668 g/mol. The van der Waals surface area contributed by atoms with E-state index in [1.165, 1.54) is 0 Å². The predicted octanol–water partition coefficient (Wildman–Crippen LogP) is -3.65. The summed E-state index contributed by atoms with van der Waals surface area (Å²) >= 11 is 0. The van der Waals surface area contributed by atoms with E-state index in [4.69, 9.17) is 4.18 Å². The van der Waals surface area contributed by atoms with Gasteiger partial charge in [-0.05, 0) is 91.3 Å². The van der Waals surface area contributed by atoms with Gasteiger partial charge in [0.2, 0.25) is 20.8 Å². The molecule has 4 aliphatic carbocycles. The Morgan fingerprint density at radius 2 is 1.49 bits per heavy atom. The van der Waals surface area contributed by atoms with Crippen LogP contribution >= 0.6 is 0 Å². The van der Waals surface area contributed by atoms with Crippen LogP contribution in [0.1, 0.15) is 72.6 Å². The molecule has 0 saturated heterocycles. The van der Waals surface area contributed by atoms with Gasteiger partial charge in [0.15, 0.2) is 0 Å². The minimum Gasteiger partial charge on any atom is -0.726 e. The molecule has 0 heterocycles. The average molecular weight is 669 g/mol. The van der Waals surface area contributed by atoms with Crippen molar-refractivity contribution in [2.24, 2.45) is 58.2 Å². The number of hydrogen-bond acceptors (Lipinski definition) is 11. The van der Waals surface area contributed by atoms with E-state index in [0.29, 0.717) is 12.3 Å². The Morgan fingerprint density at radius 3 is 2.05 bits per heavy atom. The molecule has 0 aromatic heterocycles. The fourth-order valence-electron chi connectivity index (χ4n) is 9.62. The summed E-state index contributed by atoms with van der Waals surface area (Å²) in [6.45, 7) is 8.00. The van der Waals surface area contributed by atoms with Crippen LogP contribution in [0.4, 0.5) is 0 Å². The summed E-state index contributed by atoms with van der Waals surface area (Å²) in [5.41, 5.74) is -0.631. The van der Waals surface area contributed by atoms with Crippen molar-refractivity contribution in [3.8, 4) is 0 Å². The maximum absolute atomic E-state index is 11.4. The number of aliphatic hydroxyl groups is 3. The van der Waals surface area contributed by atoms with Gasteiger partial charge in [-0.2, -0.15) is 0 Å². The first-order valence-electron chi connectivity index (χ1n) is 14.8. The minimum absolute atomic E-state index is 0. The van der Waals surface area contributed by atoms with Crippen LogP contribution < -0.4 is 59.1 Å². The van der Waals surface area contributed by atoms with Crippen LogP contribution in [0.5, 0.6) is 0 Å². The standard InChI is InChI=1S/C28H48O11S2.2Na/c1-16(2)17(14-29)5-6-18(15-38-40(32,33)34)20-9-10-21-19-7-8-23-25(31)26(39-41(35,36)37)24(30)13-28(23,4)22(19)11-12-27(20,21)3;;/h5-6,16-26,29-31H,7-15H2,1-4H3,(H,32,33,34)(H,35,36,37);;/q;2*+1/p-2/b6-5+;;/t17-,18-,19?,20+,21?,22?,23+,24-,25-,26+,27+,28+;;/m0../s1. The predicted molar refractivity (Wildman–Crippen MR) is 146 cm³/mol. The smallest absolute Gasteiger partial charge is 0.726 e. The molecule has 238 valence electrons. The van der Waals surface area contributed by atoms with Gasteiger partial charge in [0.1, 0.15) is 6.10 Å². The van der Waals surface area contributed by atoms with Gasteiger partial charge in [0.25, 0.3) is 0 Å². The van der Waals surface area contributed by atoms with Crippen molar-refractivity contribution in [2.75, 3.05) is 13.2 Å². The normalized spacial score (nSPS) is 41.0. The maximum Gasteiger partial charge on any atom is 1.00 e. The van der Waals surface area contributed by atoms with Gasteiger partial charge in [0.05, 0.1) is 18.8 Å². The molecule has 4 rings (SSSR count). The third kappa shape index (κ3) is 8.70. The van der Waals surface area contributed by atoms with E-state index in [2.05, 4.69) is 18.0 Å². The molecule has 3 unspecified atom stereocenters. The Labute approximate surface area is 301 Å². The molecule has 0 amide bonds. The zero-order valence-corrected chi connectivity index (χ0v) is 31.9. The van der Waals surface area contributed by atoms with Gasteiger partial charge in [0, 0.05) is 18.4 Å². The molecule has 12 atom stereocenters. The van der Waals surface area contributed by atoms with Gasteiger partial charge in [-0.15, -0.1) is 0 Å². The summed E-state index contributed by atoms with van der Waals surface area (Å²) in [6, 6.07) is 0. The van der Waals surface area contributed by atoms with E-state index < -0.39 is 44.5 Å². The molecule has 0 aliphatic heterocycles. The number of hydrogen-bond donors (Lipinski definition) is 3. The van der Waals surface area contributed by atoms with Crippen molar-refractivity contribution in [2.45, 2.75) is 91.0 Å². The quantitative estimate of drug-likeness (QED) is 0.0900. The fraction of sp³-hybridized carbons (Fsp3) is 0.929. The Hall–Kier alpha value is 1.36. The second kappa shape index (κ2) is 15.3. The maximum atomic E-state index is 11.4. The molecular formula is C28H46Na2O11S2. The molecule has 0 radical (unpaired) electrons. The van der Waals surface area contributed by atoms with Crippen molar-refractivity contribution in [3.05, 3.63) is 12.2 Å². The van der Waals surface area contributed by atoms with Gasteiger partial charge in [-0.25, -0.2) is 16.8 Å². The molecule has 0 bridgehead atoms. The minimum atomic E-state index is -5.09. The third-order valence-corrected chi connectivity index (χ3v) is 12.5. The molecule has 0 spiro atoms. The van der Waals surface area contributed by atoms with Crippen molar-refractivity contribution in [1.82, 2.24) is 0 Å². The van der Waals surface area contributed by atoms with E-state index in [1.54, 1.807) is 0 Å². The topological polar surface area (TPSA) is 194 Å². The molecule has 4 saturated carbocycles. The van der Waals surface area contributed by atoms with Crippen LogP contribution in [0, 0.1) is 58.2 Å². The zero-order chi connectivity index (χ0) is 30.5. The SMILES string of the molecule is CC(C)[C@@H](/C=C/[C@@H](COS(=O)(=O)[O-])[C@H]1CCC2C3CC[C@@H]4[C@H](O)[C@H](OS(=O)(=O)[O-])[C@@H](O)C[C@]4(C)C3CC[C@@]21C)CO.[Na+].[Na+]. The van der Waals surface area contributed by atoms with Crippen molar-refractivity contribution < 1.29 is 109 Å². The van der Waals surface area contributed by atoms with E-state index in [9.17, 15) is 41.3 Å². The number of rotatable bonds is 10. The Morgan fingerprint density at radius 1 is 0.884 bits per heavy atom. The Kier molecular flexibility index (Phi) is 14.4. The van der Waals surface area contributed by atoms with Crippen LogP contribution in [-0.2, 0) is 29.2 Å². The average Bonchev–Trinajstić information content (AvgIpc) is 3.19. The first-order valence-corrected chi connectivity index (χ1v) is 17.5. The Balaban J connectivity index is 0.00000323. The Bertz CT molecular complexity index is 1180. The van der Waals surface area contributed by atoms with Crippen molar-refractivity contribution in [3.63, 3.8) is 0 Å². The second-order valence-electron chi connectivity index (χ2n) is 13.9. The first-order chi connectivity index (χ1) is 18.9. The van der Waals surface area contributed by atoms with Crippen LogP contribution in [0.3, 0.4) is 0 Å². The summed E-state index contributed by atoms with van der Waals surface area (Å²) in [5, 5.41) is 31.7. The molecule has 11 nitrogen and oxygen atoms in total. The zero-order valence-electron chi connectivity index (χ0n) is 26.3. The van der Waals surface area contributed by atoms with E-state index in [-0.39, 0.29) is 126 Å². The second-order valence-corrected chi connectivity index (χ2v) is 15.9. The van der Waals surface area contributed by atoms with Crippen LogP contribution in [0.15, 0.2) is 12.2 Å². The molecule has 43 heavy (non-hydrogen) atoms. The van der Waals surface area contributed by atoms with Crippen LogP contribution in [-0.4, -0.2) is 72.8 Å². The van der Waals surface area contributed by atoms with Gasteiger partial charge in [-0.3, -0.25) is 8.37 Å². The van der Waals surface area contributed by atoms with Gasteiger partial charge in [-0.1, -0.05) is 39.8 Å². The van der Waals surface area contributed by atoms with Gasteiger partial charge >= 0.3 is 59.1 Å². The van der Waals surface area contributed by atoms with Crippen molar-refractivity contribution >= 4 is 20.8 Å². The summed E-state index contributed by atoms with van der Waals surface area (Å²) in [7, 11) is -9.97. The van der Waals surface area contributed by atoms with E-state index in [1.807, 2.05) is 26.0 Å². The van der Waals surface area contributed by atoms with Crippen molar-refractivity contribution in [1.29, 1.82) is 0 Å². The first kappa shape index (κ1) is 40.5. The van der Waals surface area contributed by atoms with E-state index >= 15 is 0 Å². The summed E-state index contributed by atoms with van der Waals surface area (Å²) < 4.78 is 77.3. The molecule has 4 aliphatic rings.